The molecule has 332 valence electrons. The molecule has 0 radical (unpaired) electrons. The van der Waals surface area contributed by atoms with Gasteiger partial charge in [-0.05, 0) is 112 Å². The molecule has 0 aromatic rings. The minimum atomic E-state index is -0.0403. The van der Waals surface area contributed by atoms with Crippen LogP contribution in [0.4, 0.5) is 4.79 Å². The third kappa shape index (κ3) is 8.83. The van der Waals surface area contributed by atoms with Gasteiger partial charge in [0.05, 0.1) is 61.4 Å². The van der Waals surface area contributed by atoms with Gasteiger partial charge in [-0.3, -0.25) is 47.3 Å². The molecule has 59 heavy (non-hydrogen) atoms. The molecule has 3 amide bonds. The fraction of sp³-hybridized carbons (Fsp3) is 0.955. The molecule has 4 saturated carbocycles. The Morgan fingerprint density at radius 3 is 1.24 bits per heavy atom. The lowest BCUT2D eigenvalue weighted by atomic mass is 9.76. The van der Waals surface area contributed by atoms with Crippen molar-refractivity contribution in [3.63, 3.8) is 0 Å². The first kappa shape index (κ1) is 41.7. The van der Waals surface area contributed by atoms with Crippen LogP contribution in [0.3, 0.4) is 0 Å². The minimum Gasteiger partial charge on any atom is -0.355 e. The van der Waals surface area contributed by atoms with Crippen molar-refractivity contribution < 1.29 is 9.59 Å². The first-order valence-electron chi connectivity index (χ1n) is 24.7. The third-order valence-corrected chi connectivity index (χ3v) is 18.9. The maximum absolute atomic E-state index is 11.4. The van der Waals surface area contributed by atoms with Crippen LogP contribution in [0.1, 0.15) is 128 Å². The van der Waals surface area contributed by atoms with Crippen molar-refractivity contribution >= 4 is 23.7 Å². The van der Waals surface area contributed by atoms with Gasteiger partial charge < -0.3 is 21.7 Å². The van der Waals surface area contributed by atoms with E-state index in [-0.39, 0.29) is 24.0 Å². The summed E-state index contributed by atoms with van der Waals surface area (Å²) in [6.45, 7) is 1.04. The lowest BCUT2D eigenvalue weighted by molar-refractivity contribution is -0.121. The van der Waals surface area contributed by atoms with Crippen molar-refractivity contribution in [1.29, 1.82) is 0 Å². The van der Waals surface area contributed by atoms with Crippen LogP contribution < -0.4 is 64.2 Å². The average Bonchev–Trinajstić information content (AvgIpc) is 4.11. The first-order valence-corrected chi connectivity index (χ1v) is 25.8. The molecule has 0 aromatic carbocycles. The Balaban J connectivity index is 0.000000187. The Hall–Kier alpha value is -1.27. The summed E-state index contributed by atoms with van der Waals surface area (Å²) in [6, 6.07) is 0.514. The molecule has 13 N–H and O–H groups in total. The molecule has 11 atom stereocenters. The fourth-order valence-corrected chi connectivity index (χ4v) is 16.1. The predicted molar refractivity (Wildman–Crippen MR) is 233 cm³/mol. The molecule has 15 heteroatoms. The smallest absolute Gasteiger partial charge is 0.315 e. The monoisotopic (exact) mass is 839 g/mol. The third-order valence-electron chi connectivity index (χ3n) is 17.3. The van der Waals surface area contributed by atoms with Crippen LogP contribution in [0.15, 0.2) is 0 Å². The number of thioether (sulfide) groups is 1. The summed E-state index contributed by atoms with van der Waals surface area (Å²) in [5.74, 6) is 7.04. The lowest BCUT2D eigenvalue weighted by Gasteiger charge is -2.35. The summed E-state index contributed by atoms with van der Waals surface area (Å²) in [4.78, 5) is 22.6. The van der Waals surface area contributed by atoms with E-state index in [4.69, 9.17) is 5.73 Å². The molecule has 7 saturated heterocycles. The van der Waals surface area contributed by atoms with Gasteiger partial charge in [-0.1, -0.05) is 57.8 Å². The zero-order valence-electron chi connectivity index (χ0n) is 35.5. The molecule has 11 aliphatic rings. The number of carbonyl (C=O) groups excluding carboxylic acids is 2. The number of carbonyl (C=O) groups is 2. The zero-order chi connectivity index (χ0) is 39.9. The zero-order valence-corrected chi connectivity index (χ0v) is 36.4. The Bertz CT molecular complexity index is 1240. The number of rotatable bonds is 7. The summed E-state index contributed by atoms with van der Waals surface area (Å²) in [6.07, 6.45) is 29.1. The van der Waals surface area contributed by atoms with E-state index in [2.05, 4.69) is 58.5 Å². The maximum Gasteiger partial charge on any atom is 0.315 e. The van der Waals surface area contributed by atoms with Crippen LogP contribution in [0.25, 0.3) is 0 Å². The number of fused-ring (bicyclic) bond motifs is 21. The van der Waals surface area contributed by atoms with E-state index in [0.29, 0.717) is 74.1 Å². The molecule has 0 spiro atoms. The Kier molecular flexibility index (Phi) is 13.3. The van der Waals surface area contributed by atoms with Gasteiger partial charge >= 0.3 is 6.03 Å². The second-order valence-electron chi connectivity index (χ2n) is 20.6. The normalized spacial score (nSPS) is 48.3. The van der Waals surface area contributed by atoms with Crippen LogP contribution in [0, 0.1) is 47.3 Å². The number of hydrogen-bond acceptors (Lipinski definition) is 12. The highest BCUT2D eigenvalue weighted by molar-refractivity contribution is 8.00. The number of nitrogens with one attached hydrogen (secondary N) is 11. The molecule has 8 bridgehead atoms. The molecule has 7 heterocycles. The Morgan fingerprint density at radius 1 is 0.542 bits per heavy atom. The van der Waals surface area contributed by atoms with Crippen molar-refractivity contribution in [2.75, 3.05) is 18.8 Å². The van der Waals surface area contributed by atoms with E-state index >= 15 is 0 Å². The summed E-state index contributed by atoms with van der Waals surface area (Å²) in [5, 5.41) is 42.9. The maximum atomic E-state index is 11.4. The minimum absolute atomic E-state index is 0.0403. The molecular formula is C44H78N12O2S. The Labute approximate surface area is 357 Å². The van der Waals surface area contributed by atoms with Gasteiger partial charge in [0.15, 0.2) is 0 Å². The van der Waals surface area contributed by atoms with Crippen molar-refractivity contribution in [2.24, 2.45) is 53.1 Å². The number of hydrogen-bond donors (Lipinski definition) is 12. The van der Waals surface area contributed by atoms with E-state index in [9.17, 15) is 9.59 Å². The topological polar surface area (TPSA) is 192 Å². The van der Waals surface area contributed by atoms with E-state index < -0.39 is 0 Å². The number of nitrogens with two attached hydrogens (primary N) is 1. The fourth-order valence-electron chi connectivity index (χ4n) is 14.5. The summed E-state index contributed by atoms with van der Waals surface area (Å²) < 4.78 is 0. The SMILES string of the molecule is C1CCC2C3NC(NC4NC(NC5NC(NC6NC(N3)C3CCCCC63)C3CCCCC53)C3CCCCC43)C2C1.NCCNC(=O)CCCC[C@@H]1SC[C@@H]2NC(=O)N[C@@H]21. The summed E-state index contributed by atoms with van der Waals surface area (Å²) >= 11 is 1.91. The van der Waals surface area contributed by atoms with E-state index in [1.54, 1.807) is 0 Å². The lowest BCUT2D eigenvalue weighted by Crippen LogP contribution is -2.61. The van der Waals surface area contributed by atoms with Crippen LogP contribution in [0.2, 0.25) is 0 Å². The Morgan fingerprint density at radius 2 is 0.898 bits per heavy atom. The molecule has 8 unspecified atom stereocenters. The first-order chi connectivity index (χ1) is 29.0. The summed E-state index contributed by atoms with van der Waals surface area (Å²) in [5.41, 5.74) is 5.32. The number of unbranched alkanes of at least 4 members (excludes halogenated alkanes) is 1. The van der Waals surface area contributed by atoms with Gasteiger partial charge in [-0.15, -0.1) is 0 Å². The summed E-state index contributed by atoms with van der Waals surface area (Å²) in [7, 11) is 0. The van der Waals surface area contributed by atoms with Crippen molar-refractivity contribution in [2.45, 2.75) is 195 Å². The quantitative estimate of drug-likeness (QED) is 0.133. The highest BCUT2D eigenvalue weighted by Crippen LogP contribution is 2.45. The standard InChI is InChI=1S/C32H56N8.C12H22N4O2S/c1-2-10-18-17(9-1)25-33-26(18)38-28-21-13-5-6-14-22(21)30(35-28)40-32-24-16-8-7-15-23(24)31(36-32)39-29-20-12-4-3-11-19(20)27(34-29)37-25;13-5-6-14-10(17)4-2-1-3-9-11-8(7-19-9)15-12(18)16-11/h17-40H,1-16H2;8-9,11H,1-7,13H2,(H,14,17)(H2,15,16,18)/t;8-,9-,11-/m.0/s1. The van der Waals surface area contributed by atoms with Crippen molar-refractivity contribution in [1.82, 2.24) is 58.5 Å². The molecule has 11 rings (SSSR count). The average molecular weight is 839 g/mol. The van der Waals surface area contributed by atoms with E-state index in [1.807, 2.05) is 11.8 Å². The van der Waals surface area contributed by atoms with Gasteiger partial charge in [-0.2, -0.15) is 11.8 Å². The van der Waals surface area contributed by atoms with Gasteiger partial charge in [0.25, 0.3) is 0 Å². The molecule has 0 aromatic heterocycles. The molecule has 7 aliphatic heterocycles. The van der Waals surface area contributed by atoms with Crippen LogP contribution in [-0.4, -0.2) is 97.4 Å². The highest BCUT2D eigenvalue weighted by atomic mass is 32.2. The van der Waals surface area contributed by atoms with Crippen LogP contribution >= 0.6 is 11.8 Å². The van der Waals surface area contributed by atoms with Crippen molar-refractivity contribution in [3.8, 4) is 0 Å². The molecular weight excluding hydrogens is 761 g/mol. The molecule has 4 aliphatic carbocycles. The van der Waals surface area contributed by atoms with Gasteiger partial charge in [0.2, 0.25) is 5.91 Å². The molecule has 14 nitrogen and oxygen atoms in total. The highest BCUT2D eigenvalue weighted by Gasteiger charge is 2.54. The molecule has 11 fully saturated rings. The van der Waals surface area contributed by atoms with Gasteiger partial charge in [0, 0.05) is 30.5 Å². The second-order valence-corrected chi connectivity index (χ2v) is 21.9. The number of urea groups is 1. The van der Waals surface area contributed by atoms with Gasteiger partial charge in [0.1, 0.15) is 0 Å². The number of amides is 3. The largest absolute Gasteiger partial charge is 0.355 e. The van der Waals surface area contributed by atoms with E-state index in [1.165, 1.54) is 103 Å². The van der Waals surface area contributed by atoms with Crippen molar-refractivity contribution in [3.05, 3.63) is 0 Å². The van der Waals surface area contributed by atoms with Crippen LogP contribution in [0.5, 0.6) is 0 Å². The van der Waals surface area contributed by atoms with Crippen LogP contribution in [-0.2, 0) is 4.79 Å². The van der Waals surface area contributed by atoms with E-state index in [0.717, 1.165) is 72.4 Å². The second kappa shape index (κ2) is 18.8. The van der Waals surface area contributed by atoms with Gasteiger partial charge in [-0.25, -0.2) is 4.79 Å². The predicted octanol–water partition coefficient (Wildman–Crippen LogP) is 2.39.